The highest BCUT2D eigenvalue weighted by Gasteiger charge is 2.10. The van der Waals surface area contributed by atoms with Crippen molar-refractivity contribution in [2.75, 3.05) is 14.1 Å². The summed E-state index contributed by atoms with van der Waals surface area (Å²) >= 11 is 0. The van der Waals surface area contributed by atoms with Crippen molar-refractivity contribution in [3.63, 3.8) is 0 Å². The largest absolute Gasteiger partial charge is 0.306 e. The third-order valence-corrected chi connectivity index (χ3v) is 6.67. The number of nitrogens with zero attached hydrogens (tertiary/aromatic N) is 1. The molecule has 0 amide bonds. The Morgan fingerprint density at radius 3 is 1.23 bits per heavy atom. The highest BCUT2D eigenvalue weighted by atomic mass is 15.1. The van der Waals surface area contributed by atoms with Crippen LogP contribution in [0.2, 0.25) is 0 Å². The predicted octanol–water partition coefficient (Wildman–Crippen LogP) is 10.1. The number of rotatable bonds is 24. The van der Waals surface area contributed by atoms with Gasteiger partial charge in [-0.2, -0.15) is 0 Å². The predicted molar refractivity (Wildman–Crippen MR) is 140 cm³/mol. The zero-order valence-corrected chi connectivity index (χ0v) is 21.7. The smallest absolute Gasteiger partial charge is 0.00891 e. The summed E-state index contributed by atoms with van der Waals surface area (Å²) in [5.74, 6) is 0. The molecule has 0 bridgehead atoms. The minimum atomic E-state index is 0.798. The molecule has 1 unspecified atom stereocenters. The molecular formula is C29H59N. The first-order valence-electron chi connectivity index (χ1n) is 14.0. The Labute approximate surface area is 192 Å². The van der Waals surface area contributed by atoms with Crippen molar-refractivity contribution < 1.29 is 0 Å². The van der Waals surface area contributed by atoms with Crippen molar-refractivity contribution in [1.82, 2.24) is 4.90 Å². The second kappa shape index (κ2) is 25.0. The Hall–Kier alpha value is -0.300. The molecule has 0 aromatic carbocycles. The van der Waals surface area contributed by atoms with Gasteiger partial charge in [-0.05, 0) is 52.6 Å². The van der Waals surface area contributed by atoms with Gasteiger partial charge in [0.25, 0.3) is 0 Å². The summed E-state index contributed by atoms with van der Waals surface area (Å²) in [6.45, 7) is 4.60. The Morgan fingerprint density at radius 2 is 0.800 bits per heavy atom. The van der Waals surface area contributed by atoms with E-state index in [0.717, 1.165) is 6.04 Å². The van der Waals surface area contributed by atoms with Crippen LogP contribution < -0.4 is 0 Å². The lowest BCUT2D eigenvalue weighted by Crippen LogP contribution is -2.27. The summed E-state index contributed by atoms with van der Waals surface area (Å²) in [7, 11) is 4.55. The van der Waals surface area contributed by atoms with Crippen molar-refractivity contribution >= 4 is 0 Å². The fraction of sp³-hybridized carbons (Fsp3) is 0.931. The molecule has 1 heteroatoms. The summed E-state index contributed by atoms with van der Waals surface area (Å²) in [5, 5.41) is 0. The molecule has 1 nitrogen and oxygen atoms in total. The lowest BCUT2D eigenvalue weighted by atomic mass is 10.00. The van der Waals surface area contributed by atoms with Gasteiger partial charge in [0.2, 0.25) is 0 Å². The normalized spacial score (nSPS) is 13.0. The van der Waals surface area contributed by atoms with E-state index in [1.807, 2.05) is 0 Å². The van der Waals surface area contributed by atoms with Gasteiger partial charge < -0.3 is 4.90 Å². The number of unbranched alkanes of at least 4 members (excludes halogenated alkanes) is 17. The molecule has 0 aromatic heterocycles. The third kappa shape index (κ3) is 22.4. The molecule has 0 saturated heterocycles. The topological polar surface area (TPSA) is 3.24 Å². The van der Waals surface area contributed by atoms with Crippen LogP contribution in [0, 0.1) is 0 Å². The van der Waals surface area contributed by atoms with E-state index in [1.54, 1.807) is 0 Å². The molecule has 0 rings (SSSR count). The molecule has 30 heavy (non-hydrogen) atoms. The SMILES string of the molecule is CCCCCCCCCCCC=CCCCCC(CCCCCCCCC)N(C)C. The highest BCUT2D eigenvalue weighted by Crippen LogP contribution is 2.17. The monoisotopic (exact) mass is 421 g/mol. The van der Waals surface area contributed by atoms with Gasteiger partial charge in [0.1, 0.15) is 0 Å². The van der Waals surface area contributed by atoms with Gasteiger partial charge in [0, 0.05) is 6.04 Å². The maximum Gasteiger partial charge on any atom is 0.00891 e. The Balaban J connectivity index is 3.46. The lowest BCUT2D eigenvalue weighted by Gasteiger charge is -2.24. The van der Waals surface area contributed by atoms with E-state index in [-0.39, 0.29) is 0 Å². The third-order valence-electron chi connectivity index (χ3n) is 6.67. The lowest BCUT2D eigenvalue weighted by molar-refractivity contribution is 0.252. The first kappa shape index (κ1) is 29.7. The average Bonchev–Trinajstić information content (AvgIpc) is 2.74. The zero-order chi connectivity index (χ0) is 22.1. The van der Waals surface area contributed by atoms with E-state index in [4.69, 9.17) is 0 Å². The van der Waals surface area contributed by atoms with Crippen LogP contribution in [0.25, 0.3) is 0 Å². The molecule has 0 spiro atoms. The molecule has 0 aliphatic carbocycles. The minimum Gasteiger partial charge on any atom is -0.306 e. The second-order valence-electron chi connectivity index (χ2n) is 9.90. The van der Waals surface area contributed by atoms with Crippen LogP contribution in [0.15, 0.2) is 12.2 Å². The number of allylic oxidation sites excluding steroid dienone is 2. The molecule has 0 aliphatic rings. The van der Waals surface area contributed by atoms with Crippen molar-refractivity contribution in [3.05, 3.63) is 12.2 Å². The van der Waals surface area contributed by atoms with Crippen LogP contribution in [0.3, 0.4) is 0 Å². The molecule has 180 valence electrons. The van der Waals surface area contributed by atoms with Crippen molar-refractivity contribution in [2.24, 2.45) is 0 Å². The van der Waals surface area contributed by atoms with Crippen LogP contribution in [0.4, 0.5) is 0 Å². The van der Waals surface area contributed by atoms with E-state index < -0.39 is 0 Å². The van der Waals surface area contributed by atoms with Gasteiger partial charge in [-0.15, -0.1) is 0 Å². The van der Waals surface area contributed by atoms with Gasteiger partial charge in [-0.1, -0.05) is 129 Å². The Kier molecular flexibility index (Phi) is 24.7. The maximum absolute atomic E-state index is 2.47. The van der Waals surface area contributed by atoms with Crippen LogP contribution in [-0.4, -0.2) is 25.0 Å². The van der Waals surface area contributed by atoms with Crippen molar-refractivity contribution in [2.45, 2.75) is 161 Å². The van der Waals surface area contributed by atoms with Crippen LogP contribution >= 0.6 is 0 Å². The van der Waals surface area contributed by atoms with E-state index in [1.165, 1.54) is 141 Å². The zero-order valence-electron chi connectivity index (χ0n) is 21.7. The van der Waals surface area contributed by atoms with Gasteiger partial charge in [0.05, 0.1) is 0 Å². The fourth-order valence-corrected chi connectivity index (χ4v) is 4.45. The fourth-order valence-electron chi connectivity index (χ4n) is 4.45. The summed E-state index contributed by atoms with van der Waals surface area (Å²) in [6, 6.07) is 0.798. The van der Waals surface area contributed by atoms with E-state index in [9.17, 15) is 0 Å². The standard InChI is InChI=1S/C29H59N/c1-5-7-9-11-13-14-15-16-17-18-19-20-22-24-26-28-29(30(3)4)27-25-23-21-12-10-8-6-2/h19-20,29H,5-18,21-28H2,1-4H3. The molecule has 0 fully saturated rings. The van der Waals surface area contributed by atoms with Crippen molar-refractivity contribution in [3.8, 4) is 0 Å². The first-order valence-corrected chi connectivity index (χ1v) is 14.0. The molecule has 0 N–H and O–H groups in total. The van der Waals surface area contributed by atoms with Gasteiger partial charge in [-0.25, -0.2) is 0 Å². The van der Waals surface area contributed by atoms with Crippen molar-refractivity contribution in [1.29, 1.82) is 0 Å². The average molecular weight is 422 g/mol. The quantitative estimate of drug-likeness (QED) is 0.111. The second-order valence-corrected chi connectivity index (χ2v) is 9.90. The Morgan fingerprint density at radius 1 is 0.467 bits per heavy atom. The van der Waals surface area contributed by atoms with E-state index in [0.29, 0.717) is 0 Å². The van der Waals surface area contributed by atoms with Crippen LogP contribution in [0.1, 0.15) is 155 Å². The molecule has 0 aliphatic heterocycles. The van der Waals surface area contributed by atoms with Crippen LogP contribution in [-0.2, 0) is 0 Å². The number of hydrogen-bond donors (Lipinski definition) is 0. The van der Waals surface area contributed by atoms with E-state index in [2.05, 4.69) is 45.0 Å². The van der Waals surface area contributed by atoms with Crippen LogP contribution in [0.5, 0.6) is 0 Å². The summed E-state index contributed by atoms with van der Waals surface area (Å²) < 4.78 is 0. The minimum absolute atomic E-state index is 0.798. The molecule has 0 heterocycles. The maximum atomic E-state index is 2.47. The van der Waals surface area contributed by atoms with Gasteiger partial charge in [-0.3, -0.25) is 0 Å². The van der Waals surface area contributed by atoms with Gasteiger partial charge in [0.15, 0.2) is 0 Å². The first-order chi connectivity index (χ1) is 14.7. The summed E-state index contributed by atoms with van der Waals surface area (Å²) in [5.41, 5.74) is 0. The Bertz CT molecular complexity index is 333. The molecule has 1 atom stereocenters. The molecular weight excluding hydrogens is 362 g/mol. The molecule has 0 aromatic rings. The molecule has 0 radical (unpaired) electrons. The summed E-state index contributed by atoms with van der Waals surface area (Å²) in [4.78, 5) is 2.47. The number of hydrogen-bond acceptors (Lipinski definition) is 1. The van der Waals surface area contributed by atoms with E-state index >= 15 is 0 Å². The van der Waals surface area contributed by atoms with Gasteiger partial charge >= 0.3 is 0 Å². The highest BCUT2D eigenvalue weighted by molar-refractivity contribution is 4.81. The molecule has 0 saturated carbocycles. The summed E-state index contributed by atoms with van der Waals surface area (Å²) in [6.07, 6.45) is 35.9.